The number of hydrogen-bond acceptors (Lipinski definition) is 2. The van der Waals surface area contributed by atoms with Gasteiger partial charge in [0, 0.05) is 17.1 Å². The van der Waals surface area contributed by atoms with E-state index in [0.29, 0.717) is 0 Å². The van der Waals surface area contributed by atoms with E-state index >= 15 is 0 Å². The molecule has 1 fully saturated rings. The molecule has 0 radical (unpaired) electrons. The maximum Gasteiger partial charge on any atom is 0.0478 e. The Bertz CT molecular complexity index is 343. The van der Waals surface area contributed by atoms with Crippen LogP contribution in [0.5, 0.6) is 0 Å². The van der Waals surface area contributed by atoms with E-state index in [1.54, 1.807) is 0 Å². The number of anilines is 1. The minimum atomic E-state index is 0.876. The van der Waals surface area contributed by atoms with Crippen LogP contribution in [0.25, 0.3) is 0 Å². The maximum atomic E-state index is 3.63. The first-order chi connectivity index (χ1) is 8.29. The SMILES string of the molecule is CSc1ccccc1NCC1CCC(C)CC1. The van der Waals surface area contributed by atoms with Gasteiger partial charge in [-0.2, -0.15) is 0 Å². The van der Waals surface area contributed by atoms with Crippen molar-refractivity contribution in [1.82, 2.24) is 0 Å². The molecule has 1 aliphatic carbocycles. The Morgan fingerprint density at radius 3 is 2.59 bits per heavy atom. The molecule has 0 spiro atoms. The fourth-order valence-electron chi connectivity index (χ4n) is 2.58. The zero-order chi connectivity index (χ0) is 12.1. The lowest BCUT2D eigenvalue weighted by Crippen LogP contribution is -2.20. The third-order valence-corrected chi connectivity index (χ3v) is 4.62. The quantitative estimate of drug-likeness (QED) is 0.780. The van der Waals surface area contributed by atoms with Crippen LogP contribution in [-0.4, -0.2) is 12.8 Å². The second-order valence-corrected chi connectivity index (χ2v) is 6.06. The monoisotopic (exact) mass is 249 g/mol. The highest BCUT2D eigenvalue weighted by atomic mass is 32.2. The molecule has 0 atom stereocenters. The van der Waals surface area contributed by atoms with Crippen LogP contribution in [0.4, 0.5) is 5.69 Å². The minimum Gasteiger partial charge on any atom is -0.384 e. The van der Waals surface area contributed by atoms with Crippen molar-refractivity contribution in [3.05, 3.63) is 24.3 Å². The molecule has 1 nitrogen and oxygen atoms in total. The molecule has 2 rings (SSSR count). The van der Waals surface area contributed by atoms with E-state index < -0.39 is 0 Å². The summed E-state index contributed by atoms with van der Waals surface area (Å²) in [6.07, 6.45) is 7.76. The summed E-state index contributed by atoms with van der Waals surface area (Å²) in [7, 11) is 0. The van der Waals surface area contributed by atoms with E-state index in [-0.39, 0.29) is 0 Å². The van der Waals surface area contributed by atoms with Crippen LogP contribution in [0.15, 0.2) is 29.2 Å². The first-order valence-electron chi connectivity index (χ1n) is 6.66. The normalized spacial score (nSPS) is 24.6. The Morgan fingerprint density at radius 2 is 1.88 bits per heavy atom. The van der Waals surface area contributed by atoms with Crippen molar-refractivity contribution < 1.29 is 0 Å². The summed E-state index contributed by atoms with van der Waals surface area (Å²) in [4.78, 5) is 1.36. The van der Waals surface area contributed by atoms with Crippen LogP contribution in [0.2, 0.25) is 0 Å². The summed E-state index contributed by atoms with van der Waals surface area (Å²) < 4.78 is 0. The average Bonchev–Trinajstić information content (AvgIpc) is 2.38. The summed E-state index contributed by atoms with van der Waals surface area (Å²) in [6, 6.07) is 8.61. The third kappa shape index (κ3) is 3.67. The molecule has 0 amide bonds. The highest BCUT2D eigenvalue weighted by Crippen LogP contribution is 2.30. The Labute approximate surface area is 109 Å². The molecule has 2 heteroatoms. The molecule has 0 aromatic heterocycles. The molecule has 1 aromatic carbocycles. The van der Waals surface area contributed by atoms with Gasteiger partial charge in [-0.15, -0.1) is 11.8 Å². The van der Waals surface area contributed by atoms with Gasteiger partial charge in [-0.1, -0.05) is 31.9 Å². The Balaban J connectivity index is 1.85. The lowest BCUT2D eigenvalue weighted by atomic mass is 9.83. The molecule has 0 bridgehead atoms. The Kier molecular flexibility index (Phi) is 4.78. The predicted octanol–water partition coefficient (Wildman–Crippen LogP) is 4.65. The van der Waals surface area contributed by atoms with Gasteiger partial charge in [-0.05, 0) is 43.1 Å². The van der Waals surface area contributed by atoms with Crippen LogP contribution < -0.4 is 5.32 Å². The smallest absolute Gasteiger partial charge is 0.0478 e. The van der Waals surface area contributed by atoms with Gasteiger partial charge in [-0.3, -0.25) is 0 Å². The zero-order valence-electron chi connectivity index (χ0n) is 10.9. The lowest BCUT2D eigenvalue weighted by Gasteiger charge is -2.26. The van der Waals surface area contributed by atoms with E-state index in [0.717, 1.165) is 18.4 Å². The van der Waals surface area contributed by atoms with E-state index in [1.165, 1.54) is 36.3 Å². The molecular weight excluding hydrogens is 226 g/mol. The molecule has 1 aliphatic rings. The Morgan fingerprint density at radius 1 is 1.18 bits per heavy atom. The third-order valence-electron chi connectivity index (χ3n) is 3.82. The van der Waals surface area contributed by atoms with Crippen LogP contribution in [0.3, 0.4) is 0 Å². The van der Waals surface area contributed by atoms with E-state index in [9.17, 15) is 0 Å². The first kappa shape index (κ1) is 12.8. The second kappa shape index (κ2) is 6.34. The largest absolute Gasteiger partial charge is 0.384 e. The fraction of sp³-hybridized carbons (Fsp3) is 0.600. The Hall–Kier alpha value is -0.630. The molecule has 17 heavy (non-hydrogen) atoms. The molecule has 94 valence electrons. The number of thioether (sulfide) groups is 1. The summed E-state index contributed by atoms with van der Waals surface area (Å²) >= 11 is 1.82. The molecule has 0 saturated heterocycles. The minimum absolute atomic E-state index is 0.876. The van der Waals surface area contributed by atoms with Crippen LogP contribution in [-0.2, 0) is 0 Å². The molecule has 0 heterocycles. The van der Waals surface area contributed by atoms with Crippen molar-refractivity contribution in [1.29, 1.82) is 0 Å². The summed E-state index contributed by atoms with van der Waals surface area (Å²) in [5, 5.41) is 3.63. The second-order valence-electron chi connectivity index (χ2n) is 5.21. The van der Waals surface area contributed by atoms with Crippen molar-refractivity contribution in [2.45, 2.75) is 37.5 Å². The summed E-state index contributed by atoms with van der Waals surface area (Å²) in [5.74, 6) is 1.82. The molecule has 0 aliphatic heterocycles. The van der Waals surface area contributed by atoms with E-state index in [4.69, 9.17) is 0 Å². The number of nitrogens with one attached hydrogen (secondary N) is 1. The molecule has 1 N–H and O–H groups in total. The van der Waals surface area contributed by atoms with Gasteiger partial charge in [0.15, 0.2) is 0 Å². The van der Waals surface area contributed by atoms with Gasteiger partial charge in [-0.25, -0.2) is 0 Å². The van der Waals surface area contributed by atoms with E-state index in [2.05, 4.69) is 42.8 Å². The predicted molar refractivity (Wildman–Crippen MR) is 77.8 cm³/mol. The van der Waals surface area contributed by atoms with Crippen molar-refractivity contribution >= 4 is 17.4 Å². The van der Waals surface area contributed by atoms with Crippen LogP contribution >= 0.6 is 11.8 Å². The van der Waals surface area contributed by atoms with Gasteiger partial charge >= 0.3 is 0 Å². The number of benzene rings is 1. The summed E-state index contributed by atoms with van der Waals surface area (Å²) in [5.41, 5.74) is 1.30. The van der Waals surface area contributed by atoms with Crippen molar-refractivity contribution in [3.8, 4) is 0 Å². The molecule has 1 aromatic rings. The standard InChI is InChI=1S/C15H23NS/c1-12-7-9-13(10-8-12)11-16-14-5-3-4-6-15(14)17-2/h3-6,12-13,16H,7-11H2,1-2H3. The average molecular weight is 249 g/mol. The van der Waals surface area contributed by atoms with E-state index in [1.807, 2.05) is 11.8 Å². The van der Waals surface area contributed by atoms with Gasteiger partial charge in [0.1, 0.15) is 0 Å². The van der Waals surface area contributed by atoms with Crippen molar-refractivity contribution in [3.63, 3.8) is 0 Å². The van der Waals surface area contributed by atoms with Gasteiger partial charge < -0.3 is 5.32 Å². The first-order valence-corrected chi connectivity index (χ1v) is 7.89. The van der Waals surface area contributed by atoms with Crippen LogP contribution in [0, 0.1) is 11.8 Å². The van der Waals surface area contributed by atoms with Crippen LogP contribution in [0.1, 0.15) is 32.6 Å². The summed E-state index contributed by atoms with van der Waals surface area (Å²) in [6.45, 7) is 3.52. The highest BCUT2D eigenvalue weighted by molar-refractivity contribution is 7.98. The maximum absolute atomic E-state index is 3.63. The molecule has 1 saturated carbocycles. The van der Waals surface area contributed by atoms with Gasteiger partial charge in [0.2, 0.25) is 0 Å². The highest BCUT2D eigenvalue weighted by Gasteiger charge is 2.17. The lowest BCUT2D eigenvalue weighted by molar-refractivity contribution is 0.300. The van der Waals surface area contributed by atoms with Gasteiger partial charge in [0.25, 0.3) is 0 Å². The topological polar surface area (TPSA) is 12.0 Å². The van der Waals surface area contributed by atoms with Gasteiger partial charge in [0.05, 0.1) is 0 Å². The number of para-hydroxylation sites is 1. The molecule has 0 unspecified atom stereocenters. The molecular formula is C15H23NS. The van der Waals surface area contributed by atoms with Crippen molar-refractivity contribution in [2.24, 2.45) is 11.8 Å². The van der Waals surface area contributed by atoms with Crippen molar-refractivity contribution in [2.75, 3.05) is 18.1 Å². The number of hydrogen-bond donors (Lipinski definition) is 1. The number of rotatable bonds is 4. The zero-order valence-corrected chi connectivity index (χ0v) is 11.7. The fourth-order valence-corrected chi connectivity index (χ4v) is 3.15.